The number of urea groups is 1. The smallest absolute Gasteiger partial charge is 0.335 e. The average Bonchev–Trinajstić information content (AvgIpc) is 2.53. The molecule has 6 nitrogen and oxygen atoms in total. The van der Waals surface area contributed by atoms with Gasteiger partial charge in [-0.15, -0.1) is 0 Å². The predicted octanol–water partition coefficient (Wildman–Crippen LogP) is 1.87. The number of nitrogens with zero attached hydrogens (tertiary/aromatic N) is 2. The SMILES string of the molecule is CC(C)CN1CCN(C(=O)NCc2ccc(C(=O)O)cc2)CC1. The third-order valence-corrected chi connectivity index (χ3v) is 3.93. The highest BCUT2D eigenvalue weighted by atomic mass is 16.4. The summed E-state index contributed by atoms with van der Waals surface area (Å²) >= 11 is 0. The Balaban J connectivity index is 1.76. The molecule has 0 atom stereocenters. The molecule has 1 saturated heterocycles. The number of carboxylic acids is 1. The Kier molecular flexibility index (Phi) is 5.98. The molecule has 0 aliphatic carbocycles. The van der Waals surface area contributed by atoms with Crippen LogP contribution in [0.2, 0.25) is 0 Å². The number of carbonyl (C=O) groups excluding carboxylic acids is 1. The van der Waals surface area contributed by atoms with Gasteiger partial charge in [0.25, 0.3) is 0 Å². The lowest BCUT2D eigenvalue weighted by Gasteiger charge is -2.35. The van der Waals surface area contributed by atoms with Gasteiger partial charge < -0.3 is 15.3 Å². The molecule has 126 valence electrons. The zero-order valence-electron chi connectivity index (χ0n) is 13.8. The lowest BCUT2D eigenvalue weighted by Crippen LogP contribution is -2.52. The molecule has 0 unspecified atom stereocenters. The van der Waals surface area contributed by atoms with E-state index in [-0.39, 0.29) is 11.6 Å². The Hall–Kier alpha value is -2.08. The highest BCUT2D eigenvalue weighted by Gasteiger charge is 2.21. The number of piperazine rings is 1. The van der Waals surface area contributed by atoms with E-state index >= 15 is 0 Å². The number of benzene rings is 1. The highest BCUT2D eigenvalue weighted by Crippen LogP contribution is 2.07. The molecule has 1 aromatic rings. The van der Waals surface area contributed by atoms with Crippen LogP contribution < -0.4 is 5.32 Å². The second-order valence-corrected chi connectivity index (χ2v) is 6.34. The van der Waals surface area contributed by atoms with Crippen LogP contribution in [0, 0.1) is 5.92 Å². The summed E-state index contributed by atoms with van der Waals surface area (Å²) in [6.07, 6.45) is 0. The number of nitrogens with one attached hydrogen (secondary N) is 1. The molecule has 1 aliphatic heterocycles. The van der Waals surface area contributed by atoms with Gasteiger partial charge in [0.2, 0.25) is 0 Å². The van der Waals surface area contributed by atoms with Crippen molar-refractivity contribution in [3.8, 4) is 0 Å². The first-order valence-electron chi connectivity index (χ1n) is 8.03. The van der Waals surface area contributed by atoms with Crippen LogP contribution in [-0.4, -0.2) is 59.6 Å². The van der Waals surface area contributed by atoms with Crippen molar-refractivity contribution in [2.45, 2.75) is 20.4 Å². The summed E-state index contributed by atoms with van der Waals surface area (Å²) in [6.45, 7) is 9.21. The Labute approximate surface area is 137 Å². The van der Waals surface area contributed by atoms with E-state index in [0.29, 0.717) is 12.5 Å². The molecule has 0 spiro atoms. The van der Waals surface area contributed by atoms with Gasteiger partial charge in [0.05, 0.1) is 5.56 Å². The minimum Gasteiger partial charge on any atom is -0.478 e. The van der Waals surface area contributed by atoms with Crippen LogP contribution in [0.4, 0.5) is 4.79 Å². The Morgan fingerprint density at radius 1 is 1.13 bits per heavy atom. The van der Waals surface area contributed by atoms with E-state index in [1.165, 1.54) is 0 Å². The Bertz CT molecular complexity index is 535. The van der Waals surface area contributed by atoms with E-state index in [0.717, 1.165) is 38.3 Å². The maximum Gasteiger partial charge on any atom is 0.335 e. The van der Waals surface area contributed by atoms with Gasteiger partial charge in [0, 0.05) is 39.3 Å². The average molecular weight is 319 g/mol. The summed E-state index contributed by atoms with van der Waals surface area (Å²) in [5.41, 5.74) is 1.14. The minimum atomic E-state index is -0.945. The van der Waals surface area contributed by atoms with Crippen LogP contribution in [-0.2, 0) is 6.54 Å². The molecular formula is C17H25N3O3. The van der Waals surface area contributed by atoms with Crippen molar-refractivity contribution in [2.24, 2.45) is 5.92 Å². The van der Waals surface area contributed by atoms with Crippen molar-refractivity contribution >= 4 is 12.0 Å². The van der Waals surface area contributed by atoms with E-state index in [1.807, 2.05) is 4.90 Å². The standard InChI is InChI=1S/C17H25N3O3/c1-13(2)12-19-7-9-20(10-8-19)17(23)18-11-14-3-5-15(6-4-14)16(21)22/h3-6,13H,7-12H2,1-2H3,(H,18,23)(H,21,22). The fraction of sp³-hybridized carbons (Fsp3) is 0.529. The molecule has 6 heteroatoms. The molecular weight excluding hydrogens is 294 g/mol. The van der Waals surface area contributed by atoms with Crippen molar-refractivity contribution in [2.75, 3.05) is 32.7 Å². The molecule has 1 heterocycles. The zero-order valence-corrected chi connectivity index (χ0v) is 13.8. The lowest BCUT2D eigenvalue weighted by molar-refractivity contribution is 0.0697. The largest absolute Gasteiger partial charge is 0.478 e. The lowest BCUT2D eigenvalue weighted by atomic mass is 10.1. The Morgan fingerprint density at radius 2 is 1.74 bits per heavy atom. The van der Waals surface area contributed by atoms with Gasteiger partial charge in [-0.3, -0.25) is 4.90 Å². The first kappa shape index (κ1) is 17.3. The van der Waals surface area contributed by atoms with Gasteiger partial charge in [-0.2, -0.15) is 0 Å². The van der Waals surface area contributed by atoms with Crippen LogP contribution in [0.3, 0.4) is 0 Å². The quantitative estimate of drug-likeness (QED) is 0.869. The van der Waals surface area contributed by atoms with Crippen molar-refractivity contribution in [3.05, 3.63) is 35.4 Å². The number of aromatic carboxylic acids is 1. The second-order valence-electron chi connectivity index (χ2n) is 6.34. The summed E-state index contributed by atoms with van der Waals surface area (Å²) in [5.74, 6) is -0.302. The molecule has 2 rings (SSSR count). The molecule has 23 heavy (non-hydrogen) atoms. The van der Waals surface area contributed by atoms with Crippen LogP contribution in [0.15, 0.2) is 24.3 Å². The summed E-state index contributed by atoms with van der Waals surface area (Å²) in [4.78, 5) is 27.2. The fourth-order valence-corrected chi connectivity index (χ4v) is 2.70. The first-order valence-corrected chi connectivity index (χ1v) is 8.03. The number of amides is 2. The van der Waals surface area contributed by atoms with Gasteiger partial charge in [-0.25, -0.2) is 9.59 Å². The summed E-state index contributed by atoms with van der Waals surface area (Å²) < 4.78 is 0. The molecule has 1 aromatic carbocycles. The van der Waals surface area contributed by atoms with E-state index < -0.39 is 5.97 Å². The van der Waals surface area contributed by atoms with Gasteiger partial charge in [0.1, 0.15) is 0 Å². The van der Waals surface area contributed by atoms with Crippen molar-refractivity contribution in [1.29, 1.82) is 0 Å². The minimum absolute atomic E-state index is 0.0588. The number of rotatable bonds is 5. The topological polar surface area (TPSA) is 72.9 Å². The molecule has 2 N–H and O–H groups in total. The molecule has 2 amide bonds. The number of carboxylic acid groups (broad SMARTS) is 1. The number of hydrogen-bond acceptors (Lipinski definition) is 3. The zero-order chi connectivity index (χ0) is 16.8. The third-order valence-electron chi connectivity index (χ3n) is 3.93. The van der Waals surface area contributed by atoms with E-state index in [9.17, 15) is 9.59 Å². The van der Waals surface area contributed by atoms with Crippen LogP contribution in [0.1, 0.15) is 29.8 Å². The predicted molar refractivity (Wildman–Crippen MR) is 88.5 cm³/mol. The number of hydrogen-bond donors (Lipinski definition) is 2. The maximum atomic E-state index is 12.2. The van der Waals surface area contributed by atoms with Crippen LogP contribution in [0.25, 0.3) is 0 Å². The highest BCUT2D eigenvalue weighted by molar-refractivity contribution is 5.87. The van der Waals surface area contributed by atoms with E-state index in [2.05, 4.69) is 24.1 Å². The van der Waals surface area contributed by atoms with E-state index in [4.69, 9.17) is 5.11 Å². The molecule has 0 aromatic heterocycles. The molecule has 1 aliphatic rings. The molecule has 0 saturated carbocycles. The summed E-state index contributed by atoms with van der Waals surface area (Å²) in [7, 11) is 0. The van der Waals surface area contributed by atoms with Crippen LogP contribution >= 0.6 is 0 Å². The monoisotopic (exact) mass is 319 g/mol. The fourth-order valence-electron chi connectivity index (χ4n) is 2.70. The van der Waals surface area contributed by atoms with E-state index in [1.54, 1.807) is 24.3 Å². The number of carbonyl (C=O) groups is 2. The maximum absolute atomic E-state index is 12.2. The normalized spacial score (nSPS) is 15.7. The van der Waals surface area contributed by atoms with Gasteiger partial charge in [0.15, 0.2) is 0 Å². The van der Waals surface area contributed by atoms with Crippen molar-refractivity contribution in [3.63, 3.8) is 0 Å². The second kappa shape index (κ2) is 7.97. The van der Waals surface area contributed by atoms with Crippen LogP contribution in [0.5, 0.6) is 0 Å². The molecule has 0 bridgehead atoms. The summed E-state index contributed by atoms with van der Waals surface area (Å²) in [6, 6.07) is 6.49. The van der Waals surface area contributed by atoms with Gasteiger partial charge in [-0.05, 0) is 23.6 Å². The van der Waals surface area contributed by atoms with Gasteiger partial charge >= 0.3 is 12.0 Å². The van der Waals surface area contributed by atoms with Crippen molar-refractivity contribution in [1.82, 2.24) is 15.1 Å². The third kappa shape index (κ3) is 5.25. The summed E-state index contributed by atoms with van der Waals surface area (Å²) in [5, 5.41) is 11.8. The van der Waals surface area contributed by atoms with Crippen molar-refractivity contribution < 1.29 is 14.7 Å². The Morgan fingerprint density at radius 3 is 2.26 bits per heavy atom. The first-order chi connectivity index (χ1) is 11.0. The molecule has 1 fully saturated rings. The van der Waals surface area contributed by atoms with Gasteiger partial charge in [-0.1, -0.05) is 26.0 Å². The molecule has 0 radical (unpaired) electrons.